The summed E-state index contributed by atoms with van der Waals surface area (Å²) in [5.41, 5.74) is 3.33. The largest absolute Gasteiger partial charge is 0.348 e. The fourth-order valence-corrected chi connectivity index (χ4v) is 4.24. The SMILES string of the molecule is C#C/C=C\c1c(C)c2c(-c3nc(-c4ccccc4)nc(=O)[nH]3)cccc2c2ccccc12. The fourth-order valence-electron chi connectivity index (χ4n) is 4.24. The second kappa shape index (κ2) is 7.98. The molecule has 0 radical (unpaired) electrons. The summed E-state index contributed by atoms with van der Waals surface area (Å²) in [6.07, 6.45) is 9.18. The molecule has 0 spiro atoms. The predicted octanol–water partition coefficient (Wildman–Crippen LogP) is 5.76. The van der Waals surface area contributed by atoms with Gasteiger partial charge in [0.05, 0.1) is 0 Å². The molecule has 1 aromatic heterocycles. The number of nitrogens with zero attached hydrogens (tertiary/aromatic N) is 2. The molecule has 4 heteroatoms. The molecule has 32 heavy (non-hydrogen) atoms. The first-order chi connectivity index (χ1) is 15.7. The molecule has 0 bridgehead atoms. The summed E-state index contributed by atoms with van der Waals surface area (Å²) >= 11 is 0. The Morgan fingerprint density at radius 2 is 1.59 bits per heavy atom. The van der Waals surface area contributed by atoms with E-state index in [1.807, 2.05) is 60.7 Å². The molecule has 0 saturated heterocycles. The number of aryl methyl sites for hydroxylation is 1. The Labute approximate surface area is 185 Å². The molecule has 0 fully saturated rings. The lowest BCUT2D eigenvalue weighted by Crippen LogP contribution is -2.14. The summed E-state index contributed by atoms with van der Waals surface area (Å²) in [7, 11) is 0. The van der Waals surface area contributed by atoms with Gasteiger partial charge in [-0.25, -0.2) is 9.78 Å². The third-order valence-electron chi connectivity index (χ3n) is 5.63. The van der Waals surface area contributed by atoms with Crippen molar-refractivity contribution in [2.24, 2.45) is 0 Å². The second-order valence-electron chi connectivity index (χ2n) is 7.50. The lowest BCUT2D eigenvalue weighted by Gasteiger charge is -2.15. The Bertz CT molecular complexity index is 1610. The number of rotatable bonds is 3. The molecule has 5 rings (SSSR count). The van der Waals surface area contributed by atoms with Gasteiger partial charge in [0.2, 0.25) is 0 Å². The van der Waals surface area contributed by atoms with Gasteiger partial charge >= 0.3 is 5.69 Å². The van der Waals surface area contributed by atoms with Crippen LogP contribution in [0.15, 0.2) is 83.7 Å². The molecule has 0 amide bonds. The van der Waals surface area contributed by atoms with Crippen molar-refractivity contribution >= 4 is 27.6 Å². The van der Waals surface area contributed by atoms with Crippen LogP contribution in [-0.2, 0) is 0 Å². The van der Waals surface area contributed by atoms with Crippen LogP contribution in [0.5, 0.6) is 0 Å². The molecule has 0 aliphatic carbocycles. The summed E-state index contributed by atoms with van der Waals surface area (Å²) in [5, 5.41) is 4.36. The molecule has 5 aromatic rings. The van der Waals surface area contributed by atoms with E-state index in [1.54, 1.807) is 6.08 Å². The van der Waals surface area contributed by atoms with E-state index in [1.165, 1.54) is 0 Å². The Morgan fingerprint density at radius 1 is 0.875 bits per heavy atom. The van der Waals surface area contributed by atoms with Gasteiger partial charge < -0.3 is 0 Å². The zero-order valence-corrected chi connectivity index (χ0v) is 17.5. The van der Waals surface area contributed by atoms with E-state index in [9.17, 15) is 4.79 Å². The highest BCUT2D eigenvalue weighted by atomic mass is 16.1. The van der Waals surface area contributed by atoms with Gasteiger partial charge in [-0.05, 0) is 51.7 Å². The third kappa shape index (κ3) is 3.27. The maximum Gasteiger partial charge on any atom is 0.348 e. The number of aromatic nitrogens is 3. The molecule has 0 aliphatic heterocycles. The number of hydrogen-bond donors (Lipinski definition) is 1. The van der Waals surface area contributed by atoms with Crippen molar-refractivity contribution in [3.05, 3.63) is 100 Å². The van der Waals surface area contributed by atoms with Crippen molar-refractivity contribution in [2.75, 3.05) is 0 Å². The van der Waals surface area contributed by atoms with Crippen LogP contribution in [0, 0.1) is 19.3 Å². The summed E-state index contributed by atoms with van der Waals surface area (Å²) in [6.45, 7) is 2.08. The molecule has 4 aromatic carbocycles. The summed E-state index contributed by atoms with van der Waals surface area (Å²) in [6, 6.07) is 23.8. The molecular formula is C28H19N3O. The molecule has 0 unspecified atom stereocenters. The molecule has 0 saturated carbocycles. The minimum atomic E-state index is -0.434. The number of fused-ring (bicyclic) bond motifs is 3. The van der Waals surface area contributed by atoms with Crippen LogP contribution >= 0.6 is 0 Å². The zero-order valence-electron chi connectivity index (χ0n) is 17.5. The van der Waals surface area contributed by atoms with Crippen molar-refractivity contribution in [3.63, 3.8) is 0 Å². The first-order valence-corrected chi connectivity index (χ1v) is 10.3. The van der Waals surface area contributed by atoms with Crippen LogP contribution in [0.2, 0.25) is 0 Å². The molecule has 4 nitrogen and oxygen atoms in total. The molecule has 152 valence electrons. The first kappa shape index (κ1) is 19.5. The van der Waals surface area contributed by atoms with E-state index < -0.39 is 5.69 Å². The van der Waals surface area contributed by atoms with Crippen molar-refractivity contribution in [2.45, 2.75) is 6.92 Å². The molecular weight excluding hydrogens is 394 g/mol. The highest BCUT2D eigenvalue weighted by Gasteiger charge is 2.16. The van der Waals surface area contributed by atoms with Crippen molar-refractivity contribution < 1.29 is 0 Å². The number of aromatic amines is 1. The van der Waals surface area contributed by atoms with Crippen LogP contribution in [0.1, 0.15) is 11.1 Å². The Kier molecular flexibility index (Phi) is 4.85. The third-order valence-corrected chi connectivity index (χ3v) is 5.63. The van der Waals surface area contributed by atoms with Crippen LogP contribution in [-0.4, -0.2) is 15.0 Å². The summed E-state index contributed by atoms with van der Waals surface area (Å²) < 4.78 is 0. The van der Waals surface area contributed by atoms with E-state index in [0.717, 1.165) is 43.8 Å². The van der Waals surface area contributed by atoms with Gasteiger partial charge in [-0.2, -0.15) is 4.98 Å². The highest BCUT2D eigenvalue weighted by Crippen LogP contribution is 2.38. The van der Waals surface area contributed by atoms with Gasteiger partial charge in [-0.1, -0.05) is 78.7 Å². The maximum absolute atomic E-state index is 12.5. The monoisotopic (exact) mass is 413 g/mol. The number of benzene rings is 4. The molecule has 0 aliphatic rings. The number of terminal acetylenes is 1. The van der Waals surface area contributed by atoms with E-state index in [4.69, 9.17) is 11.4 Å². The Hall–Kier alpha value is -4.49. The minimum Gasteiger partial charge on any atom is -0.290 e. The minimum absolute atomic E-state index is 0.396. The zero-order chi connectivity index (χ0) is 22.1. The smallest absolute Gasteiger partial charge is 0.290 e. The lowest BCUT2D eigenvalue weighted by atomic mass is 9.89. The maximum atomic E-state index is 12.5. The van der Waals surface area contributed by atoms with Gasteiger partial charge in [0.25, 0.3) is 0 Å². The van der Waals surface area contributed by atoms with E-state index in [-0.39, 0.29) is 0 Å². The van der Waals surface area contributed by atoms with Gasteiger partial charge in [0.15, 0.2) is 5.82 Å². The highest BCUT2D eigenvalue weighted by molar-refractivity contribution is 6.16. The van der Waals surface area contributed by atoms with E-state index in [0.29, 0.717) is 11.6 Å². The topological polar surface area (TPSA) is 58.6 Å². The van der Waals surface area contributed by atoms with Crippen molar-refractivity contribution in [3.8, 4) is 35.1 Å². The lowest BCUT2D eigenvalue weighted by molar-refractivity contribution is 1.01. The van der Waals surface area contributed by atoms with Crippen LogP contribution in [0.3, 0.4) is 0 Å². The van der Waals surface area contributed by atoms with E-state index >= 15 is 0 Å². The van der Waals surface area contributed by atoms with Crippen LogP contribution < -0.4 is 5.69 Å². The van der Waals surface area contributed by atoms with Crippen LogP contribution in [0.25, 0.3) is 50.4 Å². The molecule has 0 atom stereocenters. The first-order valence-electron chi connectivity index (χ1n) is 10.3. The second-order valence-corrected chi connectivity index (χ2v) is 7.50. The predicted molar refractivity (Wildman–Crippen MR) is 131 cm³/mol. The van der Waals surface area contributed by atoms with Crippen molar-refractivity contribution in [1.29, 1.82) is 0 Å². The number of allylic oxidation sites excluding steroid dienone is 1. The summed E-state index contributed by atoms with van der Waals surface area (Å²) in [4.78, 5) is 24.1. The average molecular weight is 413 g/mol. The van der Waals surface area contributed by atoms with Gasteiger partial charge in [0, 0.05) is 11.1 Å². The quantitative estimate of drug-likeness (QED) is 0.302. The van der Waals surface area contributed by atoms with E-state index in [2.05, 4.69) is 41.0 Å². The molecule has 1 N–H and O–H groups in total. The number of nitrogens with one attached hydrogen (secondary N) is 1. The average Bonchev–Trinajstić information content (AvgIpc) is 2.84. The van der Waals surface area contributed by atoms with Crippen molar-refractivity contribution in [1.82, 2.24) is 15.0 Å². The number of H-pyrrole nitrogens is 1. The number of hydrogen-bond acceptors (Lipinski definition) is 3. The molecule has 1 heterocycles. The van der Waals surface area contributed by atoms with Crippen LogP contribution in [0.4, 0.5) is 0 Å². The normalized spacial score (nSPS) is 11.2. The van der Waals surface area contributed by atoms with Gasteiger partial charge in [-0.3, -0.25) is 4.98 Å². The van der Waals surface area contributed by atoms with Gasteiger partial charge in [0.1, 0.15) is 5.82 Å². The fraction of sp³-hybridized carbons (Fsp3) is 0.0357. The summed E-state index contributed by atoms with van der Waals surface area (Å²) in [5.74, 6) is 3.47. The Balaban J connectivity index is 1.87. The van der Waals surface area contributed by atoms with Gasteiger partial charge in [-0.15, -0.1) is 6.42 Å². The Morgan fingerprint density at radius 3 is 2.38 bits per heavy atom. The standard InChI is InChI=1S/C28H19N3O/c1-3-4-13-20-18(2)25-23(22-15-9-8-14-21(20)22)16-10-17-24(25)27-29-26(30-28(32)31-27)19-11-6-5-7-12-19/h1,4-17H,2H3,(H,29,30,31,32)/b13-4-.